The Morgan fingerprint density at radius 2 is 1.83 bits per heavy atom. The third-order valence-electron chi connectivity index (χ3n) is 4.60. The summed E-state index contributed by atoms with van der Waals surface area (Å²) in [5, 5.41) is 12.5. The van der Waals surface area contributed by atoms with Crippen LogP contribution in [-0.4, -0.2) is 54.7 Å². The molecule has 0 spiro atoms. The predicted molar refractivity (Wildman–Crippen MR) is 98.5 cm³/mol. The molecule has 1 aliphatic rings. The summed E-state index contributed by atoms with van der Waals surface area (Å²) in [6.07, 6.45) is 4.70. The third-order valence-corrected chi connectivity index (χ3v) is 4.60. The highest BCUT2D eigenvalue weighted by atomic mass is 16.3. The maximum Gasteiger partial charge on any atom is 0.234 e. The van der Waals surface area contributed by atoms with Gasteiger partial charge in [-0.15, -0.1) is 0 Å². The summed E-state index contributed by atoms with van der Waals surface area (Å²) >= 11 is 0. The van der Waals surface area contributed by atoms with Crippen LogP contribution in [0.15, 0.2) is 24.3 Å². The molecule has 1 aliphatic heterocycles. The summed E-state index contributed by atoms with van der Waals surface area (Å²) in [6.45, 7) is 8.37. The molecule has 1 amide bonds. The molecule has 5 heteroatoms. The number of carbonyl (C=O) groups excluding carboxylic acids is 1. The lowest BCUT2D eigenvalue weighted by atomic mass is 10.1. The number of unbranched alkanes of at least 4 members (excludes halogenated alkanes) is 2. The molecule has 1 heterocycles. The monoisotopic (exact) mass is 333 g/mol. The lowest BCUT2D eigenvalue weighted by Gasteiger charge is -2.35. The first kappa shape index (κ1) is 18.6. The Kier molecular flexibility index (Phi) is 7.37. The maximum absolute atomic E-state index is 12.1. The third kappa shape index (κ3) is 6.04. The van der Waals surface area contributed by atoms with Gasteiger partial charge in [0, 0.05) is 37.9 Å². The number of amides is 1. The smallest absolute Gasteiger partial charge is 0.234 e. The average Bonchev–Trinajstić information content (AvgIpc) is 2.56. The summed E-state index contributed by atoms with van der Waals surface area (Å²) in [5.74, 6) is 0.430. The molecule has 2 N–H and O–H groups in total. The zero-order valence-corrected chi connectivity index (χ0v) is 15.0. The molecule has 1 aromatic rings. The van der Waals surface area contributed by atoms with Crippen molar-refractivity contribution in [3.05, 3.63) is 24.3 Å². The van der Waals surface area contributed by atoms with Crippen LogP contribution in [0.1, 0.15) is 39.5 Å². The minimum absolute atomic E-state index is 0.136. The van der Waals surface area contributed by atoms with Crippen LogP contribution in [0.4, 0.5) is 5.69 Å². The summed E-state index contributed by atoms with van der Waals surface area (Å²) in [4.78, 5) is 16.7. The number of benzene rings is 1. The number of nitrogens with zero attached hydrogens (tertiary/aromatic N) is 2. The van der Waals surface area contributed by atoms with Gasteiger partial charge < -0.3 is 15.3 Å². The van der Waals surface area contributed by atoms with Gasteiger partial charge in [0.1, 0.15) is 5.75 Å². The van der Waals surface area contributed by atoms with Gasteiger partial charge >= 0.3 is 0 Å². The second-order valence-electron chi connectivity index (χ2n) is 6.74. The normalized spacial score (nSPS) is 16.8. The van der Waals surface area contributed by atoms with Gasteiger partial charge in [-0.25, -0.2) is 0 Å². The van der Waals surface area contributed by atoms with Crippen molar-refractivity contribution in [2.24, 2.45) is 0 Å². The second kappa shape index (κ2) is 9.52. The van der Waals surface area contributed by atoms with E-state index in [1.54, 1.807) is 12.1 Å². The lowest BCUT2D eigenvalue weighted by Crippen LogP contribution is -2.50. The second-order valence-corrected chi connectivity index (χ2v) is 6.74. The largest absolute Gasteiger partial charge is 0.508 e. The van der Waals surface area contributed by atoms with Gasteiger partial charge in [-0.2, -0.15) is 0 Å². The number of rotatable bonds is 8. The minimum Gasteiger partial charge on any atom is -0.508 e. The molecule has 1 saturated heterocycles. The van der Waals surface area contributed by atoms with Crippen molar-refractivity contribution < 1.29 is 9.90 Å². The average molecular weight is 333 g/mol. The Morgan fingerprint density at radius 1 is 1.17 bits per heavy atom. The van der Waals surface area contributed by atoms with Gasteiger partial charge in [-0.3, -0.25) is 9.69 Å². The molecule has 1 fully saturated rings. The zero-order chi connectivity index (χ0) is 17.4. The van der Waals surface area contributed by atoms with Gasteiger partial charge in [0.15, 0.2) is 0 Å². The standard InChI is InChI=1S/C19H31N3O2/c1-3-4-5-6-16(2)20-19(24)15-21-11-13-22(14-12-21)17-7-9-18(23)10-8-17/h7-10,16,23H,3-6,11-15H2,1-2H3,(H,20,24). The topological polar surface area (TPSA) is 55.8 Å². The quantitative estimate of drug-likeness (QED) is 0.718. The summed E-state index contributed by atoms with van der Waals surface area (Å²) in [6, 6.07) is 7.58. The summed E-state index contributed by atoms with van der Waals surface area (Å²) < 4.78 is 0. The molecule has 2 rings (SSSR count). The number of phenolic OH excluding ortho intramolecular Hbond substituents is 1. The number of anilines is 1. The highest BCUT2D eigenvalue weighted by molar-refractivity contribution is 5.78. The van der Waals surface area contributed by atoms with E-state index in [-0.39, 0.29) is 11.9 Å². The van der Waals surface area contributed by atoms with E-state index in [4.69, 9.17) is 0 Å². The van der Waals surface area contributed by atoms with E-state index >= 15 is 0 Å². The molecule has 1 aromatic carbocycles. The van der Waals surface area contributed by atoms with Crippen LogP contribution < -0.4 is 10.2 Å². The van der Waals surface area contributed by atoms with Gasteiger partial charge in [-0.1, -0.05) is 26.2 Å². The van der Waals surface area contributed by atoms with Crippen molar-refractivity contribution in [3.8, 4) is 5.75 Å². The molecule has 0 bridgehead atoms. The predicted octanol–water partition coefficient (Wildman–Crippen LogP) is 2.60. The fraction of sp³-hybridized carbons (Fsp3) is 0.632. The summed E-state index contributed by atoms with van der Waals surface area (Å²) in [5.41, 5.74) is 1.13. The minimum atomic E-state index is 0.136. The number of hydrogen-bond donors (Lipinski definition) is 2. The first-order chi connectivity index (χ1) is 11.6. The number of aromatic hydroxyl groups is 1. The Hall–Kier alpha value is -1.75. The SMILES string of the molecule is CCCCCC(C)NC(=O)CN1CCN(c2ccc(O)cc2)CC1. The van der Waals surface area contributed by atoms with Crippen LogP contribution in [0, 0.1) is 0 Å². The van der Waals surface area contributed by atoms with E-state index < -0.39 is 0 Å². The van der Waals surface area contributed by atoms with Gasteiger partial charge in [0.2, 0.25) is 5.91 Å². The van der Waals surface area contributed by atoms with Crippen molar-refractivity contribution in [2.45, 2.75) is 45.6 Å². The molecule has 0 radical (unpaired) electrons. The van der Waals surface area contributed by atoms with Crippen LogP contribution >= 0.6 is 0 Å². The molecule has 0 aromatic heterocycles. The Morgan fingerprint density at radius 3 is 2.46 bits per heavy atom. The van der Waals surface area contributed by atoms with Gasteiger partial charge in [0.25, 0.3) is 0 Å². The van der Waals surface area contributed by atoms with Crippen LogP contribution in [0.25, 0.3) is 0 Å². The number of phenols is 1. The van der Waals surface area contributed by atoms with E-state index in [2.05, 4.69) is 29.0 Å². The van der Waals surface area contributed by atoms with Crippen molar-refractivity contribution in [3.63, 3.8) is 0 Å². The first-order valence-corrected chi connectivity index (χ1v) is 9.14. The zero-order valence-electron chi connectivity index (χ0n) is 15.0. The van der Waals surface area contributed by atoms with Crippen molar-refractivity contribution in [1.82, 2.24) is 10.2 Å². The van der Waals surface area contributed by atoms with Crippen molar-refractivity contribution >= 4 is 11.6 Å². The Labute approximate surface area is 145 Å². The Bertz CT molecular complexity index is 496. The summed E-state index contributed by atoms with van der Waals surface area (Å²) in [7, 11) is 0. The van der Waals surface area contributed by atoms with Crippen LogP contribution in [0.2, 0.25) is 0 Å². The van der Waals surface area contributed by atoms with Gasteiger partial charge in [-0.05, 0) is 37.6 Å². The fourth-order valence-electron chi connectivity index (χ4n) is 3.12. The number of nitrogens with one attached hydrogen (secondary N) is 1. The van der Waals surface area contributed by atoms with E-state index in [1.807, 2.05) is 12.1 Å². The fourth-order valence-corrected chi connectivity index (χ4v) is 3.12. The molecule has 5 nitrogen and oxygen atoms in total. The molecule has 24 heavy (non-hydrogen) atoms. The van der Waals surface area contributed by atoms with E-state index in [9.17, 15) is 9.90 Å². The number of piperazine rings is 1. The first-order valence-electron chi connectivity index (χ1n) is 9.14. The molecule has 1 unspecified atom stereocenters. The molecule has 1 atom stereocenters. The lowest BCUT2D eigenvalue weighted by molar-refractivity contribution is -0.123. The number of hydrogen-bond acceptors (Lipinski definition) is 4. The van der Waals surface area contributed by atoms with Crippen molar-refractivity contribution in [1.29, 1.82) is 0 Å². The van der Waals surface area contributed by atoms with E-state index in [0.717, 1.165) is 38.3 Å². The highest BCUT2D eigenvalue weighted by Crippen LogP contribution is 2.19. The highest BCUT2D eigenvalue weighted by Gasteiger charge is 2.19. The molecular weight excluding hydrogens is 302 g/mol. The molecule has 134 valence electrons. The molecular formula is C19H31N3O2. The van der Waals surface area contributed by atoms with E-state index in [0.29, 0.717) is 12.3 Å². The molecule has 0 aliphatic carbocycles. The van der Waals surface area contributed by atoms with Gasteiger partial charge in [0.05, 0.1) is 6.54 Å². The van der Waals surface area contributed by atoms with Crippen LogP contribution in [0.5, 0.6) is 5.75 Å². The maximum atomic E-state index is 12.1. The van der Waals surface area contributed by atoms with Crippen molar-refractivity contribution in [2.75, 3.05) is 37.6 Å². The Balaban J connectivity index is 1.68. The van der Waals surface area contributed by atoms with Crippen LogP contribution in [-0.2, 0) is 4.79 Å². The van der Waals surface area contributed by atoms with E-state index in [1.165, 1.54) is 19.3 Å². The number of carbonyl (C=O) groups is 1. The molecule has 0 saturated carbocycles. The van der Waals surface area contributed by atoms with Crippen LogP contribution in [0.3, 0.4) is 0 Å².